The van der Waals surface area contributed by atoms with Crippen LogP contribution in [0.5, 0.6) is 0 Å². The number of amides is 2. The number of hydrogen-bond acceptors (Lipinski definition) is 4. The maximum Gasteiger partial charge on any atom is 0.242 e. The van der Waals surface area contributed by atoms with Crippen molar-refractivity contribution in [2.24, 2.45) is 11.7 Å². The SMILES string of the molecule is C=CCN1CCN(C(=O)CNC(=O)[C@@H](N)C(C)C)CC1. The highest BCUT2D eigenvalue weighted by molar-refractivity contribution is 5.87. The molecule has 0 spiro atoms. The lowest BCUT2D eigenvalue weighted by molar-refractivity contribution is -0.134. The minimum atomic E-state index is -0.563. The van der Waals surface area contributed by atoms with Gasteiger partial charge in [-0.3, -0.25) is 14.5 Å². The number of nitrogens with two attached hydrogens (primary N) is 1. The highest BCUT2D eigenvalue weighted by Gasteiger charge is 2.22. The molecule has 6 heteroatoms. The third-order valence-electron chi connectivity index (χ3n) is 3.55. The maximum absolute atomic E-state index is 12.0. The van der Waals surface area contributed by atoms with E-state index in [-0.39, 0.29) is 24.3 Å². The first-order chi connectivity index (χ1) is 9.45. The van der Waals surface area contributed by atoms with Crippen molar-refractivity contribution < 1.29 is 9.59 Å². The molecule has 2 amide bonds. The summed E-state index contributed by atoms with van der Waals surface area (Å²) in [6.45, 7) is 11.4. The Labute approximate surface area is 121 Å². The first-order valence-corrected chi connectivity index (χ1v) is 7.10. The summed E-state index contributed by atoms with van der Waals surface area (Å²) in [6, 6.07) is -0.563. The van der Waals surface area contributed by atoms with Crippen LogP contribution in [0.15, 0.2) is 12.7 Å². The van der Waals surface area contributed by atoms with Crippen molar-refractivity contribution in [2.75, 3.05) is 39.3 Å². The number of rotatable bonds is 6. The van der Waals surface area contributed by atoms with Gasteiger partial charge >= 0.3 is 0 Å². The molecule has 20 heavy (non-hydrogen) atoms. The maximum atomic E-state index is 12.0. The van der Waals surface area contributed by atoms with Crippen LogP contribution < -0.4 is 11.1 Å². The average Bonchev–Trinajstić information content (AvgIpc) is 2.44. The van der Waals surface area contributed by atoms with Crippen LogP contribution in [0.3, 0.4) is 0 Å². The Morgan fingerprint density at radius 2 is 1.90 bits per heavy atom. The van der Waals surface area contributed by atoms with Gasteiger partial charge in [-0.15, -0.1) is 6.58 Å². The smallest absolute Gasteiger partial charge is 0.242 e. The summed E-state index contributed by atoms with van der Waals surface area (Å²) >= 11 is 0. The van der Waals surface area contributed by atoms with Crippen LogP contribution in [0.1, 0.15) is 13.8 Å². The second-order valence-electron chi connectivity index (χ2n) is 5.46. The van der Waals surface area contributed by atoms with E-state index in [0.29, 0.717) is 13.1 Å². The second-order valence-corrected chi connectivity index (χ2v) is 5.46. The summed E-state index contributed by atoms with van der Waals surface area (Å²) < 4.78 is 0. The summed E-state index contributed by atoms with van der Waals surface area (Å²) in [6.07, 6.45) is 1.87. The normalized spacial score (nSPS) is 17.9. The molecular formula is C14H26N4O2. The monoisotopic (exact) mass is 282 g/mol. The number of nitrogens with zero attached hydrogens (tertiary/aromatic N) is 2. The summed E-state index contributed by atoms with van der Waals surface area (Å²) in [7, 11) is 0. The topological polar surface area (TPSA) is 78.7 Å². The Morgan fingerprint density at radius 3 is 2.40 bits per heavy atom. The molecule has 0 aromatic carbocycles. The van der Waals surface area contributed by atoms with Crippen molar-refractivity contribution in [3.05, 3.63) is 12.7 Å². The van der Waals surface area contributed by atoms with Gasteiger partial charge in [0.15, 0.2) is 0 Å². The lowest BCUT2D eigenvalue weighted by Crippen LogP contribution is -2.52. The van der Waals surface area contributed by atoms with Gasteiger partial charge in [-0.05, 0) is 5.92 Å². The fourth-order valence-electron chi connectivity index (χ4n) is 2.06. The molecule has 1 saturated heterocycles. The molecule has 1 rings (SSSR count). The van der Waals surface area contributed by atoms with Gasteiger partial charge in [0.25, 0.3) is 0 Å². The molecule has 1 aliphatic rings. The molecule has 1 aliphatic heterocycles. The minimum absolute atomic E-state index is 0.0285. The molecule has 114 valence electrons. The Bertz CT molecular complexity index is 349. The van der Waals surface area contributed by atoms with Crippen molar-refractivity contribution >= 4 is 11.8 Å². The molecule has 1 atom stereocenters. The van der Waals surface area contributed by atoms with Crippen molar-refractivity contribution in [3.63, 3.8) is 0 Å². The molecule has 1 heterocycles. The van der Waals surface area contributed by atoms with Gasteiger partial charge in [-0.1, -0.05) is 19.9 Å². The van der Waals surface area contributed by atoms with E-state index in [9.17, 15) is 9.59 Å². The van der Waals surface area contributed by atoms with E-state index in [1.807, 2.05) is 19.9 Å². The van der Waals surface area contributed by atoms with Crippen LogP contribution in [0.25, 0.3) is 0 Å². The zero-order valence-corrected chi connectivity index (χ0v) is 12.5. The molecule has 0 radical (unpaired) electrons. The van der Waals surface area contributed by atoms with E-state index in [1.165, 1.54) is 0 Å². The second kappa shape index (κ2) is 8.01. The molecule has 0 aliphatic carbocycles. The van der Waals surface area contributed by atoms with E-state index in [2.05, 4.69) is 16.8 Å². The van der Waals surface area contributed by atoms with Crippen LogP contribution in [0.2, 0.25) is 0 Å². The summed E-state index contributed by atoms with van der Waals surface area (Å²) in [5, 5.41) is 2.61. The summed E-state index contributed by atoms with van der Waals surface area (Å²) in [4.78, 5) is 27.7. The number of carbonyl (C=O) groups is 2. The molecule has 3 N–H and O–H groups in total. The predicted molar refractivity (Wildman–Crippen MR) is 79.0 cm³/mol. The molecule has 1 fully saturated rings. The molecule has 0 aromatic heterocycles. The van der Waals surface area contributed by atoms with Gasteiger partial charge in [0, 0.05) is 32.7 Å². The van der Waals surface area contributed by atoms with Crippen molar-refractivity contribution in [2.45, 2.75) is 19.9 Å². The van der Waals surface area contributed by atoms with E-state index >= 15 is 0 Å². The Hall–Kier alpha value is -1.40. The zero-order valence-electron chi connectivity index (χ0n) is 12.5. The van der Waals surface area contributed by atoms with Crippen LogP contribution >= 0.6 is 0 Å². The molecular weight excluding hydrogens is 256 g/mol. The lowest BCUT2D eigenvalue weighted by atomic mass is 10.1. The standard InChI is InChI=1S/C14H26N4O2/c1-4-5-17-6-8-18(9-7-17)12(19)10-16-14(20)13(15)11(2)3/h4,11,13H,1,5-10,15H2,2-3H3,(H,16,20)/t13-/m0/s1. The number of carbonyl (C=O) groups excluding carboxylic acids is 2. The van der Waals surface area contributed by atoms with Gasteiger partial charge in [0.1, 0.15) is 0 Å². The van der Waals surface area contributed by atoms with Gasteiger partial charge < -0.3 is 16.0 Å². The predicted octanol–water partition coefficient (Wildman–Crippen LogP) is -0.584. The van der Waals surface area contributed by atoms with Crippen LogP contribution in [0.4, 0.5) is 0 Å². The number of nitrogens with one attached hydrogen (secondary N) is 1. The first-order valence-electron chi connectivity index (χ1n) is 7.10. The molecule has 0 aromatic rings. The third-order valence-corrected chi connectivity index (χ3v) is 3.55. The van der Waals surface area contributed by atoms with E-state index < -0.39 is 6.04 Å². The Kier molecular flexibility index (Phi) is 6.67. The van der Waals surface area contributed by atoms with Gasteiger partial charge in [0.05, 0.1) is 12.6 Å². The van der Waals surface area contributed by atoms with E-state index in [4.69, 9.17) is 5.73 Å². The number of piperazine rings is 1. The minimum Gasteiger partial charge on any atom is -0.346 e. The molecule has 0 saturated carbocycles. The van der Waals surface area contributed by atoms with Crippen molar-refractivity contribution in [3.8, 4) is 0 Å². The van der Waals surface area contributed by atoms with Gasteiger partial charge in [-0.2, -0.15) is 0 Å². The Morgan fingerprint density at radius 1 is 1.30 bits per heavy atom. The largest absolute Gasteiger partial charge is 0.346 e. The van der Waals surface area contributed by atoms with Gasteiger partial charge in [0.2, 0.25) is 11.8 Å². The van der Waals surface area contributed by atoms with Gasteiger partial charge in [-0.25, -0.2) is 0 Å². The highest BCUT2D eigenvalue weighted by atomic mass is 16.2. The van der Waals surface area contributed by atoms with E-state index in [0.717, 1.165) is 19.6 Å². The highest BCUT2D eigenvalue weighted by Crippen LogP contribution is 2.02. The third kappa shape index (κ3) is 4.94. The van der Waals surface area contributed by atoms with Crippen molar-refractivity contribution in [1.82, 2.24) is 15.1 Å². The molecule has 0 bridgehead atoms. The quantitative estimate of drug-likeness (QED) is 0.639. The Balaban J connectivity index is 2.30. The van der Waals surface area contributed by atoms with Crippen LogP contribution in [-0.2, 0) is 9.59 Å². The number of hydrogen-bond donors (Lipinski definition) is 2. The fraction of sp³-hybridized carbons (Fsp3) is 0.714. The van der Waals surface area contributed by atoms with Crippen LogP contribution in [0, 0.1) is 5.92 Å². The van der Waals surface area contributed by atoms with Crippen LogP contribution in [-0.4, -0.2) is 66.9 Å². The summed E-state index contributed by atoms with van der Waals surface area (Å²) in [5.41, 5.74) is 5.72. The zero-order chi connectivity index (χ0) is 15.1. The molecule has 0 unspecified atom stereocenters. The fourth-order valence-corrected chi connectivity index (χ4v) is 2.06. The van der Waals surface area contributed by atoms with Crippen molar-refractivity contribution in [1.29, 1.82) is 0 Å². The van der Waals surface area contributed by atoms with E-state index in [1.54, 1.807) is 4.90 Å². The first kappa shape index (κ1) is 16.7. The summed E-state index contributed by atoms with van der Waals surface area (Å²) in [5.74, 6) is -0.251. The molecule has 6 nitrogen and oxygen atoms in total. The lowest BCUT2D eigenvalue weighted by Gasteiger charge is -2.34. The average molecular weight is 282 g/mol.